The van der Waals surface area contributed by atoms with Gasteiger partial charge in [-0.3, -0.25) is 14.9 Å². The van der Waals surface area contributed by atoms with E-state index in [-0.39, 0.29) is 35.7 Å². The minimum Gasteiger partial charge on any atom is -0.450 e. The third-order valence-electron chi connectivity index (χ3n) is 2.86. The molecule has 0 unspecified atom stereocenters. The summed E-state index contributed by atoms with van der Waals surface area (Å²) in [6.07, 6.45) is 3.67. The molecule has 0 atom stereocenters. The van der Waals surface area contributed by atoms with Gasteiger partial charge in [0.25, 0.3) is 0 Å². The fraction of sp³-hybridized carbons (Fsp3) is 0.533. The number of Topliss-reactive ketones (excluding diaryl/α,β-unsaturated/α-hetero) is 1. The van der Waals surface area contributed by atoms with Crippen LogP contribution in [0.4, 0.5) is 10.7 Å². The van der Waals surface area contributed by atoms with Gasteiger partial charge >= 0.3 is 6.09 Å². The minimum absolute atomic E-state index is 0.132. The van der Waals surface area contributed by atoms with E-state index in [9.17, 15) is 14.4 Å². The van der Waals surface area contributed by atoms with E-state index in [0.29, 0.717) is 6.61 Å². The van der Waals surface area contributed by atoms with E-state index in [1.807, 2.05) is 6.92 Å². The molecule has 0 aromatic carbocycles. The Bertz CT molecular complexity index is 543. The molecule has 0 fully saturated rings. The van der Waals surface area contributed by atoms with Crippen molar-refractivity contribution in [3.8, 4) is 0 Å². The molecule has 0 aliphatic carbocycles. The van der Waals surface area contributed by atoms with Gasteiger partial charge in [0.1, 0.15) is 0 Å². The Morgan fingerprint density at radius 1 is 1.22 bits per heavy atom. The van der Waals surface area contributed by atoms with Crippen LogP contribution in [0.5, 0.6) is 0 Å². The van der Waals surface area contributed by atoms with Crippen LogP contribution in [0.2, 0.25) is 0 Å². The lowest BCUT2D eigenvalue weighted by atomic mass is 10.2. The molecule has 0 aliphatic rings. The van der Waals surface area contributed by atoms with Gasteiger partial charge in [0.05, 0.1) is 18.7 Å². The predicted molar refractivity (Wildman–Crippen MR) is 84.1 cm³/mol. The van der Waals surface area contributed by atoms with Crippen LogP contribution in [0.1, 0.15) is 44.0 Å². The van der Waals surface area contributed by atoms with E-state index < -0.39 is 6.09 Å². The number of alkyl carbamates (subject to hydrolysis) is 1. The first-order valence-corrected chi connectivity index (χ1v) is 7.50. The molecule has 0 aliphatic heterocycles. The molecule has 2 N–H and O–H groups in total. The van der Waals surface area contributed by atoms with Gasteiger partial charge < -0.3 is 10.1 Å². The molecule has 0 radical (unpaired) electrons. The summed E-state index contributed by atoms with van der Waals surface area (Å²) in [7, 11) is 0. The van der Waals surface area contributed by atoms with E-state index in [2.05, 4.69) is 20.6 Å². The molecule has 1 heterocycles. The standard InChI is InChI=1S/C15H22N4O4/c1-4-5-6-23-15(22)18-9-12(20)11-7-16-14(17-8-11)19-13(21)10(2)3/h7-8,10H,4-6,9H2,1-3H3,(H,18,22)(H,16,17,19,21). The largest absolute Gasteiger partial charge is 0.450 e. The highest BCUT2D eigenvalue weighted by molar-refractivity contribution is 5.98. The third kappa shape index (κ3) is 6.86. The number of carbonyl (C=O) groups excluding carboxylic acids is 3. The monoisotopic (exact) mass is 322 g/mol. The van der Waals surface area contributed by atoms with E-state index in [1.165, 1.54) is 12.4 Å². The Morgan fingerprint density at radius 2 is 1.87 bits per heavy atom. The zero-order chi connectivity index (χ0) is 17.2. The molecule has 1 aromatic heterocycles. The van der Waals surface area contributed by atoms with Crippen molar-refractivity contribution in [3.05, 3.63) is 18.0 Å². The summed E-state index contributed by atoms with van der Waals surface area (Å²) in [5, 5.41) is 4.89. The third-order valence-corrected chi connectivity index (χ3v) is 2.86. The highest BCUT2D eigenvalue weighted by Crippen LogP contribution is 2.03. The van der Waals surface area contributed by atoms with Gasteiger partial charge in [-0.05, 0) is 6.42 Å². The van der Waals surface area contributed by atoms with E-state index in [4.69, 9.17) is 4.74 Å². The maximum Gasteiger partial charge on any atom is 0.407 e. The van der Waals surface area contributed by atoms with E-state index >= 15 is 0 Å². The summed E-state index contributed by atoms with van der Waals surface area (Å²) in [5.74, 6) is -0.616. The second kappa shape index (κ2) is 9.50. The van der Waals surface area contributed by atoms with Crippen LogP contribution in [0, 0.1) is 5.92 Å². The van der Waals surface area contributed by atoms with Crippen LogP contribution in [0.25, 0.3) is 0 Å². The number of ketones is 1. The van der Waals surface area contributed by atoms with Gasteiger partial charge in [0, 0.05) is 18.3 Å². The summed E-state index contributed by atoms with van der Waals surface area (Å²) in [5.41, 5.74) is 0.237. The SMILES string of the molecule is CCCCOC(=O)NCC(=O)c1cnc(NC(=O)C(C)C)nc1. The molecular weight excluding hydrogens is 300 g/mol. The van der Waals surface area contributed by atoms with Gasteiger partial charge in [-0.15, -0.1) is 0 Å². The number of carbonyl (C=O) groups is 3. The Kier molecular flexibility index (Phi) is 7.65. The lowest BCUT2D eigenvalue weighted by Crippen LogP contribution is -2.30. The van der Waals surface area contributed by atoms with Crippen molar-refractivity contribution in [2.45, 2.75) is 33.6 Å². The Labute approximate surface area is 135 Å². The van der Waals surface area contributed by atoms with Gasteiger partial charge in [-0.25, -0.2) is 14.8 Å². The lowest BCUT2D eigenvalue weighted by Gasteiger charge is -2.07. The van der Waals surface area contributed by atoms with E-state index in [0.717, 1.165) is 12.8 Å². The maximum absolute atomic E-state index is 11.9. The van der Waals surface area contributed by atoms with Crippen molar-refractivity contribution >= 4 is 23.7 Å². The minimum atomic E-state index is -0.631. The second-order valence-electron chi connectivity index (χ2n) is 5.21. The number of rotatable bonds is 8. The van der Waals surface area contributed by atoms with Crippen LogP contribution in [-0.2, 0) is 9.53 Å². The Morgan fingerprint density at radius 3 is 2.43 bits per heavy atom. The van der Waals surface area contributed by atoms with Gasteiger partial charge in [0.2, 0.25) is 11.9 Å². The van der Waals surface area contributed by atoms with Crippen molar-refractivity contribution in [1.82, 2.24) is 15.3 Å². The second-order valence-corrected chi connectivity index (χ2v) is 5.21. The molecule has 8 heteroatoms. The smallest absolute Gasteiger partial charge is 0.407 e. The number of amides is 2. The van der Waals surface area contributed by atoms with Gasteiger partial charge in [0.15, 0.2) is 5.78 Å². The molecular formula is C15H22N4O4. The Hall–Kier alpha value is -2.51. The quantitative estimate of drug-likeness (QED) is 0.557. The van der Waals surface area contributed by atoms with Crippen LogP contribution >= 0.6 is 0 Å². The summed E-state index contributed by atoms with van der Waals surface area (Å²) in [6, 6.07) is 0. The van der Waals surface area contributed by atoms with Crippen molar-refractivity contribution in [1.29, 1.82) is 0 Å². The summed E-state index contributed by atoms with van der Waals surface area (Å²) in [6.45, 7) is 5.60. The first kappa shape index (κ1) is 18.5. The molecule has 126 valence electrons. The lowest BCUT2D eigenvalue weighted by molar-refractivity contribution is -0.118. The topological polar surface area (TPSA) is 110 Å². The molecule has 23 heavy (non-hydrogen) atoms. The van der Waals surface area contributed by atoms with Gasteiger partial charge in [-0.2, -0.15) is 0 Å². The van der Waals surface area contributed by atoms with Crippen molar-refractivity contribution in [3.63, 3.8) is 0 Å². The fourth-order valence-corrected chi connectivity index (χ4v) is 1.41. The van der Waals surface area contributed by atoms with Crippen molar-refractivity contribution in [2.24, 2.45) is 5.92 Å². The summed E-state index contributed by atoms with van der Waals surface area (Å²) >= 11 is 0. The molecule has 0 bridgehead atoms. The average molecular weight is 322 g/mol. The van der Waals surface area contributed by atoms with Crippen LogP contribution < -0.4 is 10.6 Å². The number of hydrogen-bond donors (Lipinski definition) is 2. The molecule has 0 saturated heterocycles. The molecule has 0 saturated carbocycles. The zero-order valence-electron chi connectivity index (χ0n) is 13.6. The number of aromatic nitrogens is 2. The fourth-order valence-electron chi connectivity index (χ4n) is 1.41. The van der Waals surface area contributed by atoms with Crippen molar-refractivity contribution < 1.29 is 19.1 Å². The number of ether oxygens (including phenoxy) is 1. The normalized spacial score (nSPS) is 10.3. The predicted octanol–water partition coefficient (Wildman–Crippen LogP) is 1.78. The number of anilines is 1. The zero-order valence-corrected chi connectivity index (χ0v) is 13.6. The molecule has 1 rings (SSSR count). The van der Waals surface area contributed by atoms with E-state index in [1.54, 1.807) is 13.8 Å². The van der Waals surface area contributed by atoms with Crippen LogP contribution in [-0.4, -0.2) is 40.9 Å². The maximum atomic E-state index is 11.9. The van der Waals surface area contributed by atoms with Crippen LogP contribution in [0.15, 0.2) is 12.4 Å². The Balaban J connectivity index is 2.45. The average Bonchev–Trinajstić information content (AvgIpc) is 2.53. The molecule has 0 spiro atoms. The summed E-state index contributed by atoms with van der Waals surface area (Å²) in [4.78, 5) is 42.5. The first-order chi connectivity index (χ1) is 10.9. The van der Waals surface area contributed by atoms with Crippen molar-refractivity contribution in [2.75, 3.05) is 18.5 Å². The number of nitrogens with one attached hydrogen (secondary N) is 2. The molecule has 1 aromatic rings. The first-order valence-electron chi connectivity index (χ1n) is 7.50. The highest BCUT2D eigenvalue weighted by Gasteiger charge is 2.12. The number of hydrogen-bond acceptors (Lipinski definition) is 6. The molecule has 8 nitrogen and oxygen atoms in total. The number of nitrogens with zero attached hydrogens (tertiary/aromatic N) is 2. The summed E-state index contributed by atoms with van der Waals surface area (Å²) < 4.78 is 4.87. The number of unbranched alkanes of at least 4 members (excludes halogenated alkanes) is 1. The molecule has 2 amide bonds. The van der Waals surface area contributed by atoms with Crippen LogP contribution in [0.3, 0.4) is 0 Å². The van der Waals surface area contributed by atoms with Gasteiger partial charge in [-0.1, -0.05) is 27.2 Å². The highest BCUT2D eigenvalue weighted by atomic mass is 16.5.